The summed E-state index contributed by atoms with van der Waals surface area (Å²) in [5, 5.41) is -2.96. The van der Waals surface area contributed by atoms with E-state index in [9.17, 15) is 17.6 Å². The largest absolute Gasteiger partial charge is 0.316 e. The first-order valence-corrected chi connectivity index (χ1v) is 3.09. The minimum atomic E-state index is -2.96. The maximum atomic E-state index is 12.6. The lowest BCUT2D eigenvalue weighted by Gasteiger charge is -2.19. The van der Waals surface area contributed by atoms with Crippen LogP contribution in [0.1, 0.15) is 0 Å². The maximum absolute atomic E-state index is 12.6. The van der Waals surface area contributed by atoms with E-state index in [0.717, 1.165) is 0 Å². The molecular formula is C6H5ClF4Mg. The number of allylic oxidation sites excluding steroid dienone is 4. The van der Waals surface area contributed by atoms with Crippen molar-refractivity contribution in [2.75, 3.05) is 0 Å². The highest BCUT2D eigenvalue weighted by molar-refractivity contribution is 6.24. The van der Waals surface area contributed by atoms with Gasteiger partial charge in [0.1, 0.15) is 0 Å². The van der Waals surface area contributed by atoms with E-state index in [4.69, 9.17) is 11.6 Å². The summed E-state index contributed by atoms with van der Waals surface area (Å²) in [6.45, 7) is 0. The molecule has 0 saturated carbocycles. The number of halogens is 5. The van der Waals surface area contributed by atoms with Gasteiger partial charge >= 0.3 is 23.1 Å². The van der Waals surface area contributed by atoms with Crippen LogP contribution in [-0.2, 0) is 0 Å². The molecule has 0 aliphatic heterocycles. The second kappa shape index (κ2) is 3.98. The Morgan fingerprint density at radius 2 is 1.83 bits per heavy atom. The molecule has 0 amide bonds. The summed E-state index contributed by atoms with van der Waals surface area (Å²) in [4.78, 5) is 0. The van der Waals surface area contributed by atoms with Crippen molar-refractivity contribution in [3.05, 3.63) is 23.8 Å². The zero-order valence-corrected chi connectivity index (χ0v) is 5.88. The summed E-state index contributed by atoms with van der Waals surface area (Å²) < 4.78 is 49.2. The Balaban J connectivity index is 0.00000121. The summed E-state index contributed by atoms with van der Waals surface area (Å²) in [6.07, 6.45) is -2.12. The van der Waals surface area contributed by atoms with Crippen molar-refractivity contribution in [1.82, 2.24) is 0 Å². The minimum absolute atomic E-state index is 0. The highest BCUT2D eigenvalue weighted by Gasteiger charge is 2.39. The Hall–Kier alpha value is 0.256. The van der Waals surface area contributed by atoms with Gasteiger partial charge < -0.3 is 0 Å². The Labute approximate surface area is 87.4 Å². The zero-order chi connectivity index (χ0) is 8.65. The molecule has 1 aliphatic rings. The van der Waals surface area contributed by atoms with Crippen LogP contribution in [0.4, 0.5) is 17.6 Å². The summed E-state index contributed by atoms with van der Waals surface area (Å²) >= 11 is 4.81. The molecule has 12 heavy (non-hydrogen) atoms. The highest BCUT2D eigenvalue weighted by atomic mass is 35.5. The Morgan fingerprint density at radius 3 is 2.25 bits per heavy atom. The molecule has 0 nitrogen and oxygen atoms in total. The first-order chi connectivity index (χ1) is 4.93. The molecule has 0 saturated heterocycles. The smallest absolute Gasteiger partial charge is 0.237 e. The average Bonchev–Trinajstić information content (AvgIpc) is 1.83. The molecule has 0 aromatic carbocycles. The van der Waals surface area contributed by atoms with Gasteiger partial charge in [-0.1, -0.05) is 11.6 Å². The lowest BCUT2D eigenvalue weighted by molar-refractivity contribution is 0.198. The molecule has 6 heteroatoms. The standard InChI is InChI=1S/C6H3ClF4.Mg.2H/c7-6(11)2-4(9)3(8)1-5(6)10;;;/h1-2,5H;;;. The fraction of sp³-hybridized carbons (Fsp3) is 0.333. The number of hydrogen-bond donors (Lipinski definition) is 0. The quantitative estimate of drug-likeness (QED) is 0.328. The summed E-state index contributed by atoms with van der Waals surface area (Å²) in [5.74, 6) is -2.90. The summed E-state index contributed by atoms with van der Waals surface area (Å²) in [6, 6.07) is 0. The third-order valence-electron chi connectivity index (χ3n) is 1.21. The second-order valence-corrected chi connectivity index (χ2v) is 2.66. The third-order valence-corrected chi connectivity index (χ3v) is 1.53. The van der Waals surface area contributed by atoms with Crippen LogP contribution < -0.4 is 0 Å². The van der Waals surface area contributed by atoms with Gasteiger partial charge in [-0.2, -0.15) is 0 Å². The SMILES string of the molecule is FC1=CC(F)C(F)(Cl)C=C1F.[MgH2]. The van der Waals surface area contributed by atoms with Gasteiger partial charge in [-0.05, 0) is 6.08 Å². The van der Waals surface area contributed by atoms with Gasteiger partial charge in [-0.3, -0.25) is 0 Å². The van der Waals surface area contributed by atoms with E-state index in [0.29, 0.717) is 0 Å². The monoisotopic (exact) mass is 212 g/mol. The van der Waals surface area contributed by atoms with Crippen LogP contribution in [0.25, 0.3) is 0 Å². The van der Waals surface area contributed by atoms with E-state index in [1.165, 1.54) is 0 Å². The van der Waals surface area contributed by atoms with Crippen molar-refractivity contribution in [1.29, 1.82) is 0 Å². The van der Waals surface area contributed by atoms with Gasteiger partial charge in [0.15, 0.2) is 17.8 Å². The lowest BCUT2D eigenvalue weighted by atomic mass is 10.1. The van der Waals surface area contributed by atoms with Gasteiger partial charge in [0.05, 0.1) is 0 Å². The molecule has 0 fully saturated rings. The number of alkyl halides is 3. The van der Waals surface area contributed by atoms with Crippen molar-refractivity contribution in [2.24, 2.45) is 0 Å². The predicted octanol–water partition coefficient (Wildman–Crippen LogP) is 2.03. The first-order valence-electron chi connectivity index (χ1n) is 2.71. The molecule has 0 bridgehead atoms. The molecule has 0 spiro atoms. The Kier molecular flexibility index (Phi) is 4.06. The molecule has 66 valence electrons. The lowest BCUT2D eigenvalue weighted by Crippen LogP contribution is -2.27. The Morgan fingerprint density at radius 1 is 1.33 bits per heavy atom. The minimum Gasteiger partial charge on any atom is -0.237 e. The molecule has 1 rings (SSSR count). The van der Waals surface area contributed by atoms with Gasteiger partial charge in [0.25, 0.3) is 0 Å². The number of hydrogen-bond acceptors (Lipinski definition) is 0. The molecule has 2 unspecified atom stereocenters. The van der Waals surface area contributed by atoms with Crippen LogP contribution in [0.2, 0.25) is 0 Å². The predicted molar refractivity (Wildman–Crippen MR) is 41.5 cm³/mol. The van der Waals surface area contributed by atoms with Gasteiger partial charge in [0, 0.05) is 6.08 Å². The summed E-state index contributed by atoms with van der Waals surface area (Å²) in [5.41, 5.74) is 0. The third kappa shape index (κ3) is 2.37. The van der Waals surface area contributed by atoms with Crippen LogP contribution in [0.3, 0.4) is 0 Å². The van der Waals surface area contributed by atoms with Crippen LogP contribution in [0, 0.1) is 0 Å². The molecule has 1 aliphatic carbocycles. The van der Waals surface area contributed by atoms with Gasteiger partial charge in [-0.15, -0.1) is 0 Å². The fourth-order valence-electron chi connectivity index (χ4n) is 0.637. The normalized spacial score (nSPS) is 34.9. The van der Waals surface area contributed by atoms with E-state index in [2.05, 4.69) is 0 Å². The van der Waals surface area contributed by atoms with Crippen LogP contribution in [0.15, 0.2) is 23.8 Å². The van der Waals surface area contributed by atoms with E-state index in [1.807, 2.05) is 0 Å². The molecule has 0 aromatic rings. The van der Waals surface area contributed by atoms with Crippen molar-refractivity contribution in [3.63, 3.8) is 0 Å². The molecule has 0 radical (unpaired) electrons. The fourth-order valence-corrected chi connectivity index (χ4v) is 0.795. The van der Waals surface area contributed by atoms with Crippen molar-refractivity contribution in [3.8, 4) is 0 Å². The van der Waals surface area contributed by atoms with E-state index >= 15 is 0 Å². The van der Waals surface area contributed by atoms with Gasteiger partial charge in [0.2, 0.25) is 5.13 Å². The summed E-state index contributed by atoms with van der Waals surface area (Å²) in [7, 11) is 0. The van der Waals surface area contributed by atoms with Gasteiger partial charge in [-0.25, -0.2) is 17.6 Å². The molecule has 2 atom stereocenters. The zero-order valence-electron chi connectivity index (χ0n) is 5.12. The average molecular weight is 213 g/mol. The Bertz CT molecular complexity index is 236. The molecule has 0 N–H and O–H groups in total. The number of rotatable bonds is 0. The van der Waals surface area contributed by atoms with E-state index < -0.39 is 23.0 Å². The first kappa shape index (κ1) is 12.3. The second-order valence-electron chi connectivity index (χ2n) is 2.08. The molecule has 0 heterocycles. The van der Waals surface area contributed by atoms with Crippen LogP contribution >= 0.6 is 11.6 Å². The highest BCUT2D eigenvalue weighted by Crippen LogP contribution is 2.35. The molecule has 0 aromatic heterocycles. The molecular weight excluding hydrogens is 208 g/mol. The van der Waals surface area contributed by atoms with Crippen molar-refractivity contribution >= 4 is 34.7 Å². The van der Waals surface area contributed by atoms with E-state index in [-0.39, 0.29) is 35.2 Å². The van der Waals surface area contributed by atoms with E-state index in [1.54, 1.807) is 0 Å². The van der Waals surface area contributed by atoms with Crippen molar-refractivity contribution < 1.29 is 17.6 Å². The maximum Gasteiger partial charge on any atom is 0.316 e. The van der Waals surface area contributed by atoms with Crippen LogP contribution in [-0.4, -0.2) is 34.4 Å². The van der Waals surface area contributed by atoms with Crippen LogP contribution in [0.5, 0.6) is 0 Å². The van der Waals surface area contributed by atoms with Crippen molar-refractivity contribution in [2.45, 2.75) is 11.3 Å². The topological polar surface area (TPSA) is 0 Å².